The molecule has 0 aliphatic rings. The Hall–Kier alpha value is -3.91. The van der Waals surface area contributed by atoms with Gasteiger partial charge in [-0.2, -0.15) is 0 Å². The van der Waals surface area contributed by atoms with Crippen LogP contribution in [0.2, 0.25) is 0 Å². The van der Waals surface area contributed by atoms with E-state index >= 15 is 0 Å². The molecule has 4 rings (SSSR count). The van der Waals surface area contributed by atoms with Crippen LogP contribution in [0, 0.1) is 0 Å². The van der Waals surface area contributed by atoms with Crippen LogP contribution in [0.5, 0.6) is 0 Å². The fraction of sp³-hybridized carbons (Fsp3) is 0.120. The van der Waals surface area contributed by atoms with E-state index < -0.39 is 15.3 Å². The van der Waals surface area contributed by atoms with Gasteiger partial charge in [-0.1, -0.05) is 18.2 Å². The molecule has 7 nitrogen and oxygen atoms in total. The Labute approximate surface area is 191 Å². The largest absolute Gasteiger partial charge is 0.423 e. The van der Waals surface area contributed by atoms with Crippen LogP contribution in [0.15, 0.2) is 88.1 Å². The van der Waals surface area contributed by atoms with Crippen molar-refractivity contribution < 1.29 is 17.6 Å². The molecule has 33 heavy (non-hydrogen) atoms. The molecule has 3 aromatic carbocycles. The molecule has 8 heteroatoms. The number of hydrogen-bond donors (Lipinski definition) is 2. The normalized spacial score (nSPS) is 11.5. The Kier molecular flexibility index (Phi) is 6.02. The Morgan fingerprint density at radius 2 is 1.45 bits per heavy atom. The predicted molar refractivity (Wildman–Crippen MR) is 130 cm³/mol. The van der Waals surface area contributed by atoms with Crippen molar-refractivity contribution in [2.75, 3.05) is 10.0 Å². The van der Waals surface area contributed by atoms with Gasteiger partial charge in [0.05, 0.1) is 5.25 Å². The Morgan fingerprint density at radius 3 is 2.12 bits per heavy atom. The summed E-state index contributed by atoms with van der Waals surface area (Å²) in [7, 11) is -3.44. The molecule has 0 radical (unpaired) electrons. The number of fused-ring (bicyclic) bond motifs is 1. The zero-order chi connectivity index (χ0) is 23.6. The summed E-state index contributed by atoms with van der Waals surface area (Å²) in [5.74, 6) is -0.304. The van der Waals surface area contributed by atoms with E-state index in [9.17, 15) is 18.0 Å². The van der Waals surface area contributed by atoms with Crippen molar-refractivity contribution >= 4 is 38.3 Å². The molecule has 0 atom stereocenters. The van der Waals surface area contributed by atoms with E-state index in [0.717, 1.165) is 16.5 Å². The smallest absolute Gasteiger partial charge is 0.336 e. The van der Waals surface area contributed by atoms with Gasteiger partial charge in [-0.25, -0.2) is 13.2 Å². The zero-order valence-electron chi connectivity index (χ0n) is 18.0. The third kappa shape index (κ3) is 5.12. The first-order chi connectivity index (χ1) is 15.7. The van der Waals surface area contributed by atoms with Crippen molar-refractivity contribution in [3.8, 4) is 11.1 Å². The maximum atomic E-state index is 12.6. The standard InChI is InChI=1S/C25H22N2O5S/c1-16(2)33(30,31)27-22-11-5-18(6-12-22)25(29)26-21-9-3-17(4-10-21)19-7-13-23-20(15-19)8-14-24(28)32-23/h3-16,27H,1-2H3,(H,26,29). The molecular formula is C25H22N2O5S. The summed E-state index contributed by atoms with van der Waals surface area (Å²) in [4.78, 5) is 23.9. The summed E-state index contributed by atoms with van der Waals surface area (Å²) < 4.78 is 31.6. The highest BCUT2D eigenvalue weighted by Crippen LogP contribution is 2.25. The number of carbonyl (C=O) groups excluding carboxylic acids is 1. The van der Waals surface area contributed by atoms with Crippen LogP contribution in [0.4, 0.5) is 11.4 Å². The highest BCUT2D eigenvalue weighted by molar-refractivity contribution is 7.93. The van der Waals surface area contributed by atoms with E-state index in [2.05, 4.69) is 10.0 Å². The summed E-state index contributed by atoms with van der Waals surface area (Å²) in [5, 5.41) is 3.10. The maximum absolute atomic E-state index is 12.6. The lowest BCUT2D eigenvalue weighted by Crippen LogP contribution is -2.22. The van der Waals surface area contributed by atoms with E-state index in [-0.39, 0.29) is 11.5 Å². The van der Waals surface area contributed by atoms with Gasteiger partial charge in [0.15, 0.2) is 0 Å². The molecule has 168 valence electrons. The number of rotatable bonds is 6. The fourth-order valence-electron chi connectivity index (χ4n) is 3.17. The van der Waals surface area contributed by atoms with Crippen molar-refractivity contribution in [1.82, 2.24) is 0 Å². The number of hydrogen-bond acceptors (Lipinski definition) is 5. The van der Waals surface area contributed by atoms with Gasteiger partial charge in [-0.3, -0.25) is 9.52 Å². The molecule has 0 bridgehead atoms. The second-order valence-electron chi connectivity index (χ2n) is 7.81. The van der Waals surface area contributed by atoms with Crippen LogP contribution < -0.4 is 15.7 Å². The van der Waals surface area contributed by atoms with Gasteiger partial charge >= 0.3 is 5.63 Å². The maximum Gasteiger partial charge on any atom is 0.336 e. The van der Waals surface area contributed by atoms with Crippen molar-refractivity contribution in [2.45, 2.75) is 19.1 Å². The summed E-state index contributed by atoms with van der Waals surface area (Å²) in [5.41, 5.74) is 3.47. The van der Waals surface area contributed by atoms with Crippen molar-refractivity contribution in [3.05, 3.63) is 94.8 Å². The topological polar surface area (TPSA) is 105 Å². The minimum Gasteiger partial charge on any atom is -0.423 e. The van der Waals surface area contributed by atoms with Crippen molar-refractivity contribution in [2.24, 2.45) is 0 Å². The van der Waals surface area contributed by atoms with E-state index in [4.69, 9.17) is 4.42 Å². The lowest BCUT2D eigenvalue weighted by Gasteiger charge is -2.11. The van der Waals surface area contributed by atoms with Gasteiger partial charge in [0.25, 0.3) is 5.91 Å². The van der Waals surface area contributed by atoms with Gasteiger partial charge in [0, 0.05) is 28.4 Å². The molecule has 0 unspecified atom stereocenters. The average Bonchev–Trinajstić information content (AvgIpc) is 2.79. The summed E-state index contributed by atoms with van der Waals surface area (Å²) >= 11 is 0. The monoisotopic (exact) mass is 462 g/mol. The number of amides is 1. The van der Waals surface area contributed by atoms with Crippen LogP contribution in [0.25, 0.3) is 22.1 Å². The number of carbonyl (C=O) groups is 1. The van der Waals surface area contributed by atoms with Crippen LogP contribution in [-0.2, 0) is 10.0 Å². The Balaban J connectivity index is 1.45. The summed E-state index contributed by atoms with van der Waals surface area (Å²) in [6, 6.07) is 22.3. The van der Waals surface area contributed by atoms with Crippen molar-refractivity contribution in [3.63, 3.8) is 0 Å². The van der Waals surface area contributed by atoms with Crippen LogP contribution in [0.1, 0.15) is 24.2 Å². The van der Waals surface area contributed by atoms with E-state index in [0.29, 0.717) is 22.5 Å². The van der Waals surface area contributed by atoms with E-state index in [1.807, 2.05) is 24.3 Å². The second-order valence-corrected chi connectivity index (χ2v) is 10.0. The van der Waals surface area contributed by atoms with Gasteiger partial charge in [-0.05, 0) is 79.6 Å². The lowest BCUT2D eigenvalue weighted by molar-refractivity contribution is 0.102. The third-order valence-electron chi connectivity index (χ3n) is 5.12. The predicted octanol–water partition coefficient (Wildman–Crippen LogP) is 4.86. The number of nitrogens with one attached hydrogen (secondary N) is 2. The first-order valence-electron chi connectivity index (χ1n) is 10.3. The van der Waals surface area contributed by atoms with Gasteiger partial charge < -0.3 is 9.73 Å². The molecule has 0 saturated carbocycles. The van der Waals surface area contributed by atoms with Crippen LogP contribution in [-0.4, -0.2) is 19.6 Å². The first kappa shape index (κ1) is 22.3. The molecule has 4 aromatic rings. The minimum absolute atomic E-state index is 0.304. The fourth-order valence-corrected chi connectivity index (χ4v) is 3.87. The molecule has 0 saturated heterocycles. The van der Waals surface area contributed by atoms with Crippen molar-refractivity contribution in [1.29, 1.82) is 0 Å². The van der Waals surface area contributed by atoms with Crippen LogP contribution >= 0.6 is 0 Å². The van der Waals surface area contributed by atoms with Gasteiger partial charge in [0.2, 0.25) is 10.0 Å². The third-order valence-corrected chi connectivity index (χ3v) is 6.88. The molecule has 1 heterocycles. The number of sulfonamides is 1. The SMILES string of the molecule is CC(C)S(=O)(=O)Nc1ccc(C(=O)Nc2ccc(-c3ccc4oc(=O)ccc4c3)cc2)cc1. The Bertz CT molecular complexity index is 1470. The second kappa shape index (κ2) is 8.91. The number of benzene rings is 3. The molecule has 0 fully saturated rings. The average molecular weight is 463 g/mol. The van der Waals surface area contributed by atoms with Gasteiger partial charge in [-0.15, -0.1) is 0 Å². The molecule has 1 amide bonds. The van der Waals surface area contributed by atoms with E-state index in [1.165, 1.54) is 6.07 Å². The quantitative estimate of drug-likeness (QED) is 0.398. The zero-order valence-corrected chi connectivity index (χ0v) is 18.8. The minimum atomic E-state index is -3.44. The summed E-state index contributed by atoms with van der Waals surface area (Å²) in [6.07, 6.45) is 0. The highest BCUT2D eigenvalue weighted by atomic mass is 32.2. The molecular weight excluding hydrogens is 440 g/mol. The molecule has 0 aliphatic heterocycles. The highest BCUT2D eigenvalue weighted by Gasteiger charge is 2.15. The summed E-state index contributed by atoms with van der Waals surface area (Å²) in [6.45, 7) is 3.18. The molecule has 0 spiro atoms. The van der Waals surface area contributed by atoms with Gasteiger partial charge in [0.1, 0.15) is 5.58 Å². The van der Waals surface area contributed by atoms with E-state index in [1.54, 1.807) is 62.4 Å². The number of anilines is 2. The molecule has 0 aliphatic carbocycles. The van der Waals surface area contributed by atoms with Crippen LogP contribution in [0.3, 0.4) is 0 Å². The molecule has 2 N–H and O–H groups in total. The lowest BCUT2D eigenvalue weighted by atomic mass is 10.0. The molecule has 1 aromatic heterocycles. The Morgan fingerprint density at radius 1 is 0.818 bits per heavy atom. The first-order valence-corrected chi connectivity index (χ1v) is 11.8.